The molecule has 0 spiro atoms. The molecule has 5 heteroatoms. The molecule has 1 aromatic heterocycles. The summed E-state index contributed by atoms with van der Waals surface area (Å²) in [5, 5.41) is 3.24. The van der Waals surface area contributed by atoms with E-state index in [-0.39, 0.29) is 0 Å². The van der Waals surface area contributed by atoms with Crippen LogP contribution < -0.4 is 5.32 Å². The minimum atomic E-state index is 0.751. The molecule has 2 aromatic rings. The van der Waals surface area contributed by atoms with Crippen molar-refractivity contribution in [3.05, 3.63) is 45.2 Å². The van der Waals surface area contributed by atoms with E-state index in [9.17, 15) is 0 Å². The second-order valence-corrected chi connectivity index (χ2v) is 4.93. The second kappa shape index (κ2) is 4.93. The van der Waals surface area contributed by atoms with Gasteiger partial charge in [-0.2, -0.15) is 0 Å². The van der Waals surface area contributed by atoms with E-state index in [1.807, 2.05) is 25.1 Å². The first-order chi connectivity index (χ1) is 7.68. The fourth-order valence-electron chi connectivity index (χ4n) is 1.28. The maximum atomic E-state index is 4.15. The number of aryl methyl sites for hydroxylation is 1. The maximum Gasteiger partial charge on any atom is 0.148 e. The molecule has 0 aliphatic heterocycles. The highest BCUT2D eigenvalue weighted by molar-refractivity contribution is 9.11. The molecular weight excluding hydrogens is 334 g/mol. The highest BCUT2D eigenvalue weighted by Crippen LogP contribution is 2.30. The first-order valence-corrected chi connectivity index (χ1v) is 6.24. The van der Waals surface area contributed by atoms with Gasteiger partial charge in [0, 0.05) is 10.7 Å². The van der Waals surface area contributed by atoms with E-state index in [1.54, 1.807) is 6.20 Å². The highest BCUT2D eigenvalue weighted by atomic mass is 79.9. The molecule has 0 saturated heterocycles. The van der Waals surface area contributed by atoms with Gasteiger partial charge in [0.25, 0.3) is 0 Å². The average molecular weight is 343 g/mol. The number of hydrogen-bond acceptors (Lipinski definition) is 3. The zero-order valence-electron chi connectivity index (χ0n) is 8.54. The van der Waals surface area contributed by atoms with Crippen molar-refractivity contribution in [3.8, 4) is 0 Å². The standard InChI is InChI=1S/C11H9Br2N3/c1-7-3-2-4-9(10(7)13)16-11-8(12)5-14-6-15-11/h2-6H,1H3,(H,14,15,16). The molecular formula is C11H9Br2N3. The van der Waals surface area contributed by atoms with E-state index in [1.165, 1.54) is 11.9 Å². The monoisotopic (exact) mass is 341 g/mol. The fraction of sp³-hybridized carbons (Fsp3) is 0.0909. The molecule has 0 saturated carbocycles. The average Bonchev–Trinajstić information content (AvgIpc) is 2.28. The number of rotatable bonds is 2. The van der Waals surface area contributed by atoms with Crippen LogP contribution in [0.4, 0.5) is 11.5 Å². The van der Waals surface area contributed by atoms with Gasteiger partial charge in [0.1, 0.15) is 12.1 Å². The van der Waals surface area contributed by atoms with Crippen molar-refractivity contribution in [2.75, 3.05) is 5.32 Å². The quantitative estimate of drug-likeness (QED) is 0.894. The van der Waals surface area contributed by atoms with Crippen LogP contribution in [0.25, 0.3) is 0 Å². The molecule has 1 aromatic carbocycles. The molecule has 0 amide bonds. The first-order valence-electron chi connectivity index (χ1n) is 4.66. The molecule has 0 atom stereocenters. The van der Waals surface area contributed by atoms with Crippen molar-refractivity contribution in [2.45, 2.75) is 6.92 Å². The summed E-state index contributed by atoms with van der Waals surface area (Å²) in [5.74, 6) is 0.751. The summed E-state index contributed by atoms with van der Waals surface area (Å²) in [6, 6.07) is 6.04. The van der Waals surface area contributed by atoms with Crippen molar-refractivity contribution in [3.63, 3.8) is 0 Å². The van der Waals surface area contributed by atoms with Gasteiger partial charge in [0.15, 0.2) is 0 Å². The van der Waals surface area contributed by atoms with Crippen molar-refractivity contribution in [2.24, 2.45) is 0 Å². The molecule has 82 valence electrons. The Morgan fingerprint density at radius 1 is 1.25 bits per heavy atom. The van der Waals surface area contributed by atoms with E-state index in [0.29, 0.717) is 0 Å². The molecule has 0 aliphatic rings. The van der Waals surface area contributed by atoms with Gasteiger partial charge in [0.05, 0.1) is 10.2 Å². The van der Waals surface area contributed by atoms with Crippen LogP contribution in [0.3, 0.4) is 0 Å². The number of anilines is 2. The largest absolute Gasteiger partial charge is 0.338 e. The number of nitrogens with one attached hydrogen (secondary N) is 1. The zero-order chi connectivity index (χ0) is 11.5. The number of benzene rings is 1. The van der Waals surface area contributed by atoms with Gasteiger partial charge >= 0.3 is 0 Å². The summed E-state index contributed by atoms with van der Waals surface area (Å²) >= 11 is 6.94. The van der Waals surface area contributed by atoms with Crippen molar-refractivity contribution < 1.29 is 0 Å². The number of nitrogens with zero attached hydrogens (tertiary/aromatic N) is 2. The van der Waals surface area contributed by atoms with Crippen LogP contribution in [0.1, 0.15) is 5.56 Å². The van der Waals surface area contributed by atoms with Gasteiger partial charge < -0.3 is 5.32 Å². The topological polar surface area (TPSA) is 37.8 Å². The number of halogens is 2. The van der Waals surface area contributed by atoms with Gasteiger partial charge in [-0.1, -0.05) is 12.1 Å². The Kier molecular flexibility index (Phi) is 3.56. The lowest BCUT2D eigenvalue weighted by Gasteiger charge is -2.10. The van der Waals surface area contributed by atoms with E-state index in [0.717, 1.165) is 20.5 Å². The van der Waals surface area contributed by atoms with Crippen LogP contribution in [-0.2, 0) is 0 Å². The molecule has 0 bridgehead atoms. The van der Waals surface area contributed by atoms with E-state index < -0.39 is 0 Å². The second-order valence-electron chi connectivity index (χ2n) is 3.28. The van der Waals surface area contributed by atoms with Gasteiger partial charge in [-0.3, -0.25) is 0 Å². The SMILES string of the molecule is Cc1cccc(Nc2ncncc2Br)c1Br. The Bertz CT molecular complexity index is 514. The summed E-state index contributed by atoms with van der Waals surface area (Å²) in [4.78, 5) is 8.07. The number of aromatic nitrogens is 2. The van der Waals surface area contributed by atoms with Crippen LogP contribution in [-0.4, -0.2) is 9.97 Å². The minimum absolute atomic E-state index is 0.751. The summed E-state index contributed by atoms with van der Waals surface area (Å²) in [7, 11) is 0. The van der Waals surface area contributed by atoms with Crippen LogP contribution in [0.15, 0.2) is 39.7 Å². The maximum absolute atomic E-state index is 4.15. The van der Waals surface area contributed by atoms with Crippen LogP contribution in [0.2, 0.25) is 0 Å². The van der Waals surface area contributed by atoms with Gasteiger partial charge in [-0.25, -0.2) is 9.97 Å². The molecule has 1 heterocycles. The summed E-state index contributed by atoms with van der Waals surface area (Å²) < 4.78 is 1.88. The normalized spacial score (nSPS) is 10.2. The third-order valence-corrected chi connectivity index (χ3v) is 3.75. The minimum Gasteiger partial charge on any atom is -0.338 e. The van der Waals surface area contributed by atoms with Gasteiger partial charge in [-0.15, -0.1) is 0 Å². The molecule has 0 aliphatic carbocycles. The van der Waals surface area contributed by atoms with Crippen LogP contribution >= 0.6 is 31.9 Å². The van der Waals surface area contributed by atoms with E-state index in [2.05, 4.69) is 47.1 Å². The molecule has 1 N–H and O–H groups in total. The Balaban J connectivity index is 2.35. The molecule has 0 radical (unpaired) electrons. The zero-order valence-corrected chi connectivity index (χ0v) is 11.7. The number of hydrogen-bond donors (Lipinski definition) is 1. The van der Waals surface area contributed by atoms with Gasteiger partial charge in [-0.05, 0) is 50.4 Å². The van der Waals surface area contributed by atoms with Crippen molar-refractivity contribution >= 4 is 43.4 Å². The van der Waals surface area contributed by atoms with Crippen molar-refractivity contribution in [1.29, 1.82) is 0 Å². The third-order valence-electron chi connectivity index (χ3n) is 2.11. The van der Waals surface area contributed by atoms with Crippen molar-refractivity contribution in [1.82, 2.24) is 9.97 Å². The van der Waals surface area contributed by atoms with E-state index in [4.69, 9.17) is 0 Å². The Morgan fingerprint density at radius 3 is 2.81 bits per heavy atom. The smallest absolute Gasteiger partial charge is 0.148 e. The predicted octanol–water partition coefficient (Wildman–Crippen LogP) is 4.05. The Morgan fingerprint density at radius 2 is 2.06 bits per heavy atom. The lowest BCUT2D eigenvalue weighted by molar-refractivity contribution is 1.15. The molecule has 2 rings (SSSR count). The lowest BCUT2D eigenvalue weighted by Crippen LogP contribution is -1.96. The van der Waals surface area contributed by atoms with Crippen LogP contribution in [0.5, 0.6) is 0 Å². The van der Waals surface area contributed by atoms with Crippen LogP contribution in [0, 0.1) is 6.92 Å². The Labute approximate surface area is 111 Å². The summed E-state index contributed by atoms with van der Waals surface area (Å²) in [5.41, 5.74) is 2.16. The fourth-order valence-corrected chi connectivity index (χ4v) is 1.96. The third kappa shape index (κ3) is 2.41. The molecule has 3 nitrogen and oxygen atoms in total. The van der Waals surface area contributed by atoms with E-state index >= 15 is 0 Å². The molecule has 16 heavy (non-hydrogen) atoms. The highest BCUT2D eigenvalue weighted by Gasteiger charge is 2.05. The Hall–Kier alpha value is -0.940. The molecule has 0 unspecified atom stereocenters. The molecule has 0 fully saturated rings. The predicted molar refractivity (Wildman–Crippen MR) is 71.9 cm³/mol. The summed E-state index contributed by atoms with van der Waals surface area (Å²) in [6.45, 7) is 2.05. The van der Waals surface area contributed by atoms with Gasteiger partial charge in [0.2, 0.25) is 0 Å². The summed E-state index contributed by atoms with van der Waals surface area (Å²) in [6.07, 6.45) is 3.22. The lowest BCUT2D eigenvalue weighted by atomic mass is 10.2. The first kappa shape index (κ1) is 11.5.